The molecule has 2 atom stereocenters. The van der Waals surface area contributed by atoms with Crippen LogP contribution in [0.25, 0.3) is 0 Å². The molecular formula is C23H24N4O3S. The number of methoxy groups -OCH3 is 1. The van der Waals surface area contributed by atoms with Crippen molar-refractivity contribution < 1.29 is 14.3 Å². The number of benzene rings is 2. The predicted molar refractivity (Wildman–Crippen MR) is 121 cm³/mol. The molecule has 1 aliphatic rings. The second-order valence-corrected chi connectivity index (χ2v) is 8.68. The molecular weight excluding hydrogens is 412 g/mol. The molecule has 1 aromatic heterocycles. The van der Waals surface area contributed by atoms with Gasteiger partial charge < -0.3 is 15.0 Å². The topological polar surface area (TPSA) is 84.4 Å². The van der Waals surface area contributed by atoms with Crippen molar-refractivity contribution in [1.82, 2.24) is 10.2 Å². The molecule has 8 heteroatoms. The Labute approximate surface area is 185 Å². The zero-order valence-electron chi connectivity index (χ0n) is 17.4. The lowest BCUT2D eigenvalue weighted by atomic mass is 9.98. The molecule has 0 saturated carbocycles. The fraction of sp³-hybridized carbons (Fsp3) is 0.304. The van der Waals surface area contributed by atoms with Gasteiger partial charge in [0.25, 0.3) is 0 Å². The normalized spacial score (nSPS) is 16.9. The average molecular weight is 437 g/mol. The van der Waals surface area contributed by atoms with Gasteiger partial charge in [-0.15, -0.1) is 10.2 Å². The van der Waals surface area contributed by atoms with Crippen molar-refractivity contribution in [1.29, 1.82) is 0 Å². The number of ether oxygens (including phenoxy) is 1. The summed E-state index contributed by atoms with van der Waals surface area (Å²) in [6.07, 6.45) is 0.919. The predicted octanol–water partition coefficient (Wildman–Crippen LogP) is 3.88. The molecule has 4 rings (SSSR count). The van der Waals surface area contributed by atoms with E-state index in [-0.39, 0.29) is 18.2 Å². The molecule has 1 aliphatic heterocycles. The van der Waals surface area contributed by atoms with Gasteiger partial charge in [0.1, 0.15) is 10.8 Å². The monoisotopic (exact) mass is 436 g/mol. The molecule has 0 spiro atoms. The first kappa shape index (κ1) is 21.0. The van der Waals surface area contributed by atoms with E-state index in [0.29, 0.717) is 23.3 Å². The van der Waals surface area contributed by atoms with E-state index in [4.69, 9.17) is 4.74 Å². The van der Waals surface area contributed by atoms with Crippen molar-refractivity contribution in [2.24, 2.45) is 5.92 Å². The molecule has 31 heavy (non-hydrogen) atoms. The van der Waals surface area contributed by atoms with Gasteiger partial charge in [-0.25, -0.2) is 0 Å². The Kier molecular flexibility index (Phi) is 6.27. The molecule has 7 nitrogen and oxygen atoms in total. The first-order valence-electron chi connectivity index (χ1n) is 10.2. The van der Waals surface area contributed by atoms with E-state index in [0.717, 1.165) is 17.1 Å². The van der Waals surface area contributed by atoms with Crippen LogP contribution in [0.4, 0.5) is 10.8 Å². The van der Waals surface area contributed by atoms with Crippen LogP contribution in [0.3, 0.4) is 0 Å². The van der Waals surface area contributed by atoms with Gasteiger partial charge >= 0.3 is 0 Å². The number of carbonyl (C=O) groups is 2. The average Bonchev–Trinajstić information content (AvgIpc) is 3.40. The number of nitrogens with one attached hydrogen (secondary N) is 1. The Balaban J connectivity index is 1.36. The Morgan fingerprint density at radius 2 is 2.03 bits per heavy atom. The first-order valence-corrected chi connectivity index (χ1v) is 11.0. The highest BCUT2D eigenvalue weighted by Gasteiger charge is 2.35. The summed E-state index contributed by atoms with van der Waals surface area (Å²) in [6.45, 7) is 2.47. The van der Waals surface area contributed by atoms with Gasteiger partial charge in [-0.1, -0.05) is 54.7 Å². The van der Waals surface area contributed by atoms with Crippen LogP contribution in [0.15, 0.2) is 54.6 Å². The van der Waals surface area contributed by atoms with E-state index in [2.05, 4.69) is 34.6 Å². The van der Waals surface area contributed by atoms with Gasteiger partial charge in [-0.2, -0.15) is 0 Å². The van der Waals surface area contributed by atoms with E-state index in [1.54, 1.807) is 18.1 Å². The summed E-state index contributed by atoms with van der Waals surface area (Å²) in [5.74, 6) is 0.251. The number of carbonyl (C=O) groups excluding carboxylic acids is 2. The zero-order chi connectivity index (χ0) is 21.8. The summed E-state index contributed by atoms with van der Waals surface area (Å²) >= 11 is 1.38. The Morgan fingerprint density at radius 3 is 2.81 bits per heavy atom. The van der Waals surface area contributed by atoms with E-state index in [9.17, 15) is 9.59 Å². The van der Waals surface area contributed by atoms with Crippen LogP contribution in [-0.2, 0) is 16.0 Å². The molecule has 0 radical (unpaired) electrons. The fourth-order valence-electron chi connectivity index (χ4n) is 3.67. The molecule has 2 amide bonds. The fourth-order valence-corrected chi connectivity index (χ4v) is 4.54. The second-order valence-electron chi connectivity index (χ2n) is 7.61. The quantitative estimate of drug-likeness (QED) is 0.608. The maximum absolute atomic E-state index is 12.7. The van der Waals surface area contributed by atoms with Gasteiger partial charge in [0.05, 0.1) is 13.0 Å². The van der Waals surface area contributed by atoms with Crippen LogP contribution >= 0.6 is 11.3 Å². The van der Waals surface area contributed by atoms with Crippen molar-refractivity contribution in [3.8, 4) is 5.75 Å². The molecule has 1 fully saturated rings. The van der Waals surface area contributed by atoms with Crippen molar-refractivity contribution in [2.45, 2.75) is 25.7 Å². The minimum atomic E-state index is -0.436. The van der Waals surface area contributed by atoms with E-state index < -0.39 is 5.92 Å². The van der Waals surface area contributed by atoms with Gasteiger partial charge in [0.2, 0.25) is 16.9 Å². The lowest BCUT2D eigenvalue weighted by Crippen LogP contribution is -2.28. The summed E-state index contributed by atoms with van der Waals surface area (Å²) in [6, 6.07) is 17.5. The van der Waals surface area contributed by atoms with Crippen LogP contribution in [0.1, 0.15) is 29.8 Å². The van der Waals surface area contributed by atoms with Gasteiger partial charge in [-0.05, 0) is 23.6 Å². The standard InChI is InChI=1S/C23H24N4O3S/c1-15(16-7-4-3-5-8-16)11-20-25-26-23(31-20)24-22(29)17-12-21(28)27(14-17)18-9-6-10-19(13-18)30-2/h3-10,13,15,17H,11-12,14H2,1-2H3,(H,24,26,29)/t15-,17+/m1/s1. The number of anilines is 2. The van der Waals surface area contributed by atoms with Crippen molar-refractivity contribution >= 4 is 34.0 Å². The van der Waals surface area contributed by atoms with Gasteiger partial charge in [0.15, 0.2) is 0 Å². The lowest BCUT2D eigenvalue weighted by Gasteiger charge is -2.17. The first-order chi connectivity index (χ1) is 15.0. The number of hydrogen-bond donors (Lipinski definition) is 1. The summed E-state index contributed by atoms with van der Waals surface area (Å²) in [7, 11) is 1.58. The minimum Gasteiger partial charge on any atom is -0.497 e. The number of rotatable bonds is 7. The third kappa shape index (κ3) is 4.91. The highest BCUT2D eigenvalue weighted by atomic mass is 32.1. The highest BCUT2D eigenvalue weighted by molar-refractivity contribution is 7.15. The number of aromatic nitrogens is 2. The largest absolute Gasteiger partial charge is 0.497 e. The maximum Gasteiger partial charge on any atom is 0.231 e. The molecule has 1 saturated heterocycles. The summed E-state index contributed by atoms with van der Waals surface area (Å²) in [5, 5.41) is 12.5. The SMILES string of the molecule is COc1cccc(N2C[C@@H](C(=O)Nc3nnc(C[C@@H](C)c4ccccc4)s3)CC2=O)c1. The molecule has 0 unspecified atom stereocenters. The molecule has 1 N–H and O–H groups in total. The van der Waals surface area contributed by atoms with Crippen LogP contribution in [0.5, 0.6) is 5.75 Å². The molecule has 0 aliphatic carbocycles. The smallest absolute Gasteiger partial charge is 0.231 e. The minimum absolute atomic E-state index is 0.0805. The van der Waals surface area contributed by atoms with Crippen molar-refractivity contribution in [3.05, 3.63) is 65.2 Å². The van der Waals surface area contributed by atoms with Gasteiger partial charge in [0, 0.05) is 31.1 Å². The Hall–Kier alpha value is -3.26. The van der Waals surface area contributed by atoms with Crippen molar-refractivity contribution in [3.63, 3.8) is 0 Å². The Morgan fingerprint density at radius 1 is 1.23 bits per heavy atom. The zero-order valence-corrected chi connectivity index (χ0v) is 18.3. The van der Waals surface area contributed by atoms with E-state index >= 15 is 0 Å². The number of amides is 2. The summed E-state index contributed by atoms with van der Waals surface area (Å²) in [4.78, 5) is 26.8. The van der Waals surface area contributed by atoms with Gasteiger partial charge in [-0.3, -0.25) is 9.59 Å². The van der Waals surface area contributed by atoms with Crippen LogP contribution < -0.4 is 15.0 Å². The van der Waals surface area contributed by atoms with Crippen LogP contribution in [0.2, 0.25) is 0 Å². The summed E-state index contributed by atoms with van der Waals surface area (Å²) < 4.78 is 5.23. The third-order valence-corrected chi connectivity index (χ3v) is 6.27. The molecule has 3 aromatic rings. The molecule has 160 valence electrons. The number of nitrogens with zero attached hydrogens (tertiary/aromatic N) is 3. The lowest BCUT2D eigenvalue weighted by molar-refractivity contribution is -0.122. The third-order valence-electron chi connectivity index (χ3n) is 5.41. The van der Waals surface area contributed by atoms with E-state index in [1.807, 2.05) is 36.4 Å². The molecule has 0 bridgehead atoms. The van der Waals surface area contributed by atoms with Crippen LogP contribution in [0, 0.1) is 5.92 Å². The van der Waals surface area contributed by atoms with Crippen LogP contribution in [-0.4, -0.2) is 35.7 Å². The number of hydrogen-bond acceptors (Lipinski definition) is 6. The molecule has 2 heterocycles. The second kappa shape index (κ2) is 9.26. The maximum atomic E-state index is 12.7. The highest BCUT2D eigenvalue weighted by Crippen LogP contribution is 2.29. The summed E-state index contributed by atoms with van der Waals surface area (Å²) in [5.41, 5.74) is 1.97. The van der Waals surface area contributed by atoms with Crippen molar-refractivity contribution in [2.75, 3.05) is 23.9 Å². The van der Waals surface area contributed by atoms with E-state index in [1.165, 1.54) is 16.9 Å². The molecule has 2 aromatic carbocycles. The Bertz CT molecular complexity index is 1070.